The summed E-state index contributed by atoms with van der Waals surface area (Å²) in [5.41, 5.74) is -0.775. The molecule has 1 saturated heterocycles. The van der Waals surface area contributed by atoms with Crippen LogP contribution in [0.3, 0.4) is 0 Å². The summed E-state index contributed by atoms with van der Waals surface area (Å²) >= 11 is 0. The lowest BCUT2D eigenvalue weighted by Crippen LogP contribution is -2.29. The molecule has 2 rings (SSSR count). The zero-order chi connectivity index (χ0) is 17.2. The number of alkyl halides is 3. The summed E-state index contributed by atoms with van der Waals surface area (Å²) < 4.78 is 43.2. The fourth-order valence-electron chi connectivity index (χ4n) is 2.64. The smallest absolute Gasteiger partial charge is 0.379 e. The van der Waals surface area contributed by atoms with Crippen LogP contribution in [-0.4, -0.2) is 56.2 Å². The SMILES string of the molecule is CO[C@H]1CN(c2ccc(C(F)(F)F)cn2)C[C@@H]1CC(=O)N(C)C. The number of carbonyl (C=O) groups is 1. The van der Waals surface area contributed by atoms with Gasteiger partial charge in [0.25, 0.3) is 0 Å². The highest BCUT2D eigenvalue weighted by Crippen LogP contribution is 2.31. The van der Waals surface area contributed by atoms with Crippen molar-refractivity contribution < 1.29 is 22.7 Å². The van der Waals surface area contributed by atoms with Crippen molar-refractivity contribution in [3.8, 4) is 0 Å². The van der Waals surface area contributed by atoms with E-state index in [1.54, 1.807) is 21.2 Å². The molecular formula is C15H20F3N3O2. The van der Waals surface area contributed by atoms with Crippen molar-refractivity contribution >= 4 is 11.7 Å². The lowest BCUT2D eigenvalue weighted by molar-refractivity contribution is -0.137. The number of carbonyl (C=O) groups excluding carboxylic acids is 1. The molecule has 0 aliphatic carbocycles. The Morgan fingerprint density at radius 1 is 1.39 bits per heavy atom. The van der Waals surface area contributed by atoms with Crippen LogP contribution in [0.15, 0.2) is 18.3 Å². The largest absolute Gasteiger partial charge is 0.417 e. The number of rotatable bonds is 4. The average Bonchev–Trinajstić information content (AvgIpc) is 2.89. The van der Waals surface area contributed by atoms with Crippen LogP contribution in [0.5, 0.6) is 0 Å². The molecule has 0 aromatic carbocycles. The first kappa shape index (κ1) is 17.5. The first-order valence-electron chi connectivity index (χ1n) is 7.23. The molecule has 8 heteroatoms. The van der Waals surface area contributed by atoms with Crippen molar-refractivity contribution in [3.05, 3.63) is 23.9 Å². The fourth-order valence-corrected chi connectivity index (χ4v) is 2.64. The Labute approximate surface area is 133 Å². The maximum atomic E-state index is 12.6. The van der Waals surface area contributed by atoms with E-state index in [2.05, 4.69) is 4.98 Å². The highest BCUT2D eigenvalue weighted by atomic mass is 19.4. The molecule has 0 radical (unpaired) electrons. The molecule has 1 aliphatic rings. The quantitative estimate of drug-likeness (QED) is 0.847. The fraction of sp³-hybridized carbons (Fsp3) is 0.600. The van der Waals surface area contributed by atoms with Gasteiger partial charge in [-0.15, -0.1) is 0 Å². The molecule has 1 fully saturated rings. The molecule has 2 heterocycles. The molecule has 5 nitrogen and oxygen atoms in total. The van der Waals surface area contributed by atoms with Crippen molar-refractivity contribution in [1.29, 1.82) is 0 Å². The second-order valence-electron chi connectivity index (χ2n) is 5.83. The Kier molecular flexibility index (Phi) is 5.13. The van der Waals surface area contributed by atoms with Crippen LogP contribution in [0.4, 0.5) is 19.0 Å². The number of aromatic nitrogens is 1. The van der Waals surface area contributed by atoms with Crippen LogP contribution >= 0.6 is 0 Å². The van der Waals surface area contributed by atoms with Gasteiger partial charge >= 0.3 is 6.18 Å². The van der Waals surface area contributed by atoms with E-state index in [-0.39, 0.29) is 17.9 Å². The molecule has 0 unspecified atom stereocenters. The molecule has 0 bridgehead atoms. The topological polar surface area (TPSA) is 45.7 Å². The highest BCUT2D eigenvalue weighted by molar-refractivity contribution is 5.76. The maximum Gasteiger partial charge on any atom is 0.417 e. The number of methoxy groups -OCH3 is 1. The van der Waals surface area contributed by atoms with Crippen LogP contribution in [0.25, 0.3) is 0 Å². The van der Waals surface area contributed by atoms with Crippen LogP contribution in [0.1, 0.15) is 12.0 Å². The first-order chi connectivity index (χ1) is 10.7. The monoisotopic (exact) mass is 331 g/mol. The Bertz CT molecular complexity index is 546. The van der Waals surface area contributed by atoms with Gasteiger partial charge in [0.15, 0.2) is 0 Å². The number of hydrogen-bond acceptors (Lipinski definition) is 4. The van der Waals surface area contributed by atoms with Crippen LogP contribution in [0, 0.1) is 5.92 Å². The van der Waals surface area contributed by atoms with E-state index in [4.69, 9.17) is 4.74 Å². The molecule has 0 N–H and O–H groups in total. The molecular weight excluding hydrogens is 311 g/mol. The van der Waals surface area contributed by atoms with Gasteiger partial charge < -0.3 is 14.5 Å². The van der Waals surface area contributed by atoms with Crippen molar-refractivity contribution in [3.63, 3.8) is 0 Å². The Balaban J connectivity index is 2.08. The summed E-state index contributed by atoms with van der Waals surface area (Å²) in [4.78, 5) is 19.1. The van der Waals surface area contributed by atoms with Crippen LogP contribution in [0.2, 0.25) is 0 Å². The van der Waals surface area contributed by atoms with Crippen LogP contribution in [-0.2, 0) is 15.7 Å². The van der Waals surface area contributed by atoms with Gasteiger partial charge in [0.05, 0.1) is 11.7 Å². The number of amides is 1. The van der Waals surface area contributed by atoms with Gasteiger partial charge in [-0.25, -0.2) is 4.98 Å². The van der Waals surface area contributed by atoms with Gasteiger partial charge in [0, 0.05) is 52.8 Å². The predicted octanol–water partition coefficient (Wildman–Crippen LogP) is 2.03. The van der Waals surface area contributed by atoms with Gasteiger partial charge in [0.1, 0.15) is 5.82 Å². The van der Waals surface area contributed by atoms with Gasteiger partial charge in [0.2, 0.25) is 5.91 Å². The number of pyridine rings is 1. The number of hydrogen-bond donors (Lipinski definition) is 0. The third-order valence-electron chi connectivity index (χ3n) is 4.02. The minimum Gasteiger partial charge on any atom is -0.379 e. The zero-order valence-electron chi connectivity index (χ0n) is 13.3. The minimum absolute atomic E-state index is 0.000668. The molecule has 1 aromatic heterocycles. The molecule has 23 heavy (non-hydrogen) atoms. The minimum atomic E-state index is -4.40. The number of ether oxygens (including phenoxy) is 1. The first-order valence-corrected chi connectivity index (χ1v) is 7.23. The Morgan fingerprint density at radius 2 is 2.09 bits per heavy atom. The van der Waals surface area contributed by atoms with Gasteiger partial charge in [-0.2, -0.15) is 13.2 Å². The summed E-state index contributed by atoms with van der Waals surface area (Å²) in [5, 5.41) is 0. The van der Waals surface area contributed by atoms with Gasteiger partial charge in [-0.05, 0) is 12.1 Å². The third kappa shape index (κ3) is 4.13. The second-order valence-corrected chi connectivity index (χ2v) is 5.83. The van der Waals surface area contributed by atoms with Gasteiger partial charge in [-0.1, -0.05) is 0 Å². The van der Waals surface area contributed by atoms with E-state index in [1.807, 2.05) is 4.90 Å². The molecule has 0 saturated carbocycles. The summed E-state index contributed by atoms with van der Waals surface area (Å²) in [5.74, 6) is 0.443. The van der Waals surface area contributed by atoms with E-state index in [0.29, 0.717) is 25.3 Å². The summed E-state index contributed by atoms with van der Waals surface area (Å²) in [6.07, 6.45) is -3.38. The molecule has 1 aliphatic heterocycles. The summed E-state index contributed by atoms with van der Waals surface area (Å²) in [6.45, 7) is 1.02. The Morgan fingerprint density at radius 3 is 2.57 bits per heavy atom. The molecule has 128 valence electrons. The molecule has 1 amide bonds. The maximum absolute atomic E-state index is 12.6. The lowest BCUT2D eigenvalue weighted by atomic mass is 10.0. The van der Waals surface area contributed by atoms with Crippen molar-refractivity contribution in [2.75, 3.05) is 39.2 Å². The molecule has 2 atom stereocenters. The number of anilines is 1. The zero-order valence-corrected chi connectivity index (χ0v) is 13.3. The molecule has 1 aromatic rings. The van der Waals surface area contributed by atoms with E-state index >= 15 is 0 Å². The molecule has 0 spiro atoms. The Hall–Kier alpha value is -1.83. The second kappa shape index (κ2) is 6.74. The van der Waals surface area contributed by atoms with E-state index in [9.17, 15) is 18.0 Å². The summed E-state index contributed by atoms with van der Waals surface area (Å²) in [6, 6.07) is 2.37. The van der Waals surface area contributed by atoms with Gasteiger partial charge in [-0.3, -0.25) is 4.79 Å². The highest BCUT2D eigenvalue weighted by Gasteiger charge is 2.36. The van der Waals surface area contributed by atoms with Crippen molar-refractivity contribution in [2.45, 2.75) is 18.7 Å². The van der Waals surface area contributed by atoms with Crippen molar-refractivity contribution in [2.24, 2.45) is 5.92 Å². The van der Waals surface area contributed by atoms with E-state index in [0.717, 1.165) is 12.3 Å². The number of halogens is 3. The van der Waals surface area contributed by atoms with E-state index < -0.39 is 11.7 Å². The average molecular weight is 331 g/mol. The predicted molar refractivity (Wildman–Crippen MR) is 79.1 cm³/mol. The van der Waals surface area contributed by atoms with E-state index in [1.165, 1.54) is 11.0 Å². The summed E-state index contributed by atoms with van der Waals surface area (Å²) in [7, 11) is 4.95. The lowest BCUT2D eigenvalue weighted by Gasteiger charge is -2.18. The normalized spacial score (nSPS) is 21.6. The number of nitrogens with zero attached hydrogens (tertiary/aromatic N) is 3. The van der Waals surface area contributed by atoms with Crippen LogP contribution < -0.4 is 4.90 Å². The third-order valence-corrected chi connectivity index (χ3v) is 4.02. The van der Waals surface area contributed by atoms with Crippen molar-refractivity contribution in [1.82, 2.24) is 9.88 Å². The standard InChI is InChI=1S/C15H20F3N3O2/c1-20(2)14(22)6-10-8-21(9-12(10)23-3)13-5-4-11(7-19-13)15(16,17)18/h4-5,7,10,12H,6,8-9H2,1-3H3/t10-,12-/m0/s1.